The van der Waals surface area contributed by atoms with Crippen LogP contribution in [0.1, 0.15) is 48.0 Å². The van der Waals surface area contributed by atoms with Crippen LogP contribution >= 0.6 is 22.9 Å². The lowest BCUT2D eigenvalue weighted by molar-refractivity contribution is -0.121. The highest BCUT2D eigenvalue weighted by Crippen LogP contribution is 2.27. The number of Topliss-reactive ketones (excluding diaryl/α,β-unsaturated/α-hetero) is 1. The summed E-state index contributed by atoms with van der Waals surface area (Å²) < 4.78 is 0. The minimum absolute atomic E-state index is 0.00986. The number of nitrogens with one attached hydrogen (secondary N) is 1. The Kier molecular flexibility index (Phi) is 8.29. The van der Waals surface area contributed by atoms with E-state index in [9.17, 15) is 9.59 Å². The monoisotopic (exact) mass is 392 g/mol. The van der Waals surface area contributed by atoms with Crippen molar-refractivity contribution in [3.05, 3.63) is 57.2 Å². The third kappa shape index (κ3) is 5.66. The first kappa shape index (κ1) is 20.6. The number of benzene rings is 1. The fourth-order valence-corrected chi connectivity index (χ4v) is 3.89. The molecule has 1 unspecified atom stereocenters. The summed E-state index contributed by atoms with van der Waals surface area (Å²) in [6, 6.07) is 11.4. The van der Waals surface area contributed by atoms with E-state index in [0.29, 0.717) is 16.4 Å². The molecule has 1 aromatic carbocycles. The molecule has 1 heterocycles. The zero-order valence-electron chi connectivity index (χ0n) is 15.2. The molecule has 0 bridgehead atoms. The lowest BCUT2D eigenvalue weighted by atomic mass is 10.0. The molecule has 0 aliphatic rings. The summed E-state index contributed by atoms with van der Waals surface area (Å²) in [6.45, 7) is 6.37. The zero-order chi connectivity index (χ0) is 18.9. The highest BCUT2D eigenvalue weighted by atomic mass is 35.5. The predicted octanol–water partition coefficient (Wildman–Crippen LogP) is 4.56. The summed E-state index contributed by atoms with van der Waals surface area (Å²) in [7, 11) is 0. The maximum Gasteiger partial charge on any atom is 0.220 e. The molecule has 1 N–H and O–H groups in total. The maximum absolute atomic E-state index is 12.2. The van der Waals surface area contributed by atoms with Crippen LogP contribution in [-0.4, -0.2) is 36.2 Å². The number of amides is 1. The van der Waals surface area contributed by atoms with E-state index in [1.165, 1.54) is 11.3 Å². The van der Waals surface area contributed by atoms with Gasteiger partial charge in [0, 0.05) is 24.4 Å². The third-order valence-corrected chi connectivity index (χ3v) is 5.64. The molecule has 1 amide bonds. The zero-order valence-corrected chi connectivity index (χ0v) is 16.8. The van der Waals surface area contributed by atoms with Gasteiger partial charge >= 0.3 is 0 Å². The molecule has 0 spiro atoms. The Morgan fingerprint density at radius 2 is 1.85 bits per heavy atom. The van der Waals surface area contributed by atoms with Gasteiger partial charge in [-0.25, -0.2) is 0 Å². The number of ketones is 1. The van der Waals surface area contributed by atoms with Crippen molar-refractivity contribution in [1.29, 1.82) is 0 Å². The summed E-state index contributed by atoms with van der Waals surface area (Å²) in [5, 5.41) is 5.54. The molecule has 4 nitrogen and oxygen atoms in total. The quantitative estimate of drug-likeness (QED) is 0.603. The molecule has 0 aliphatic carbocycles. The van der Waals surface area contributed by atoms with Crippen LogP contribution in [-0.2, 0) is 4.79 Å². The first-order chi connectivity index (χ1) is 12.6. The second-order valence-electron chi connectivity index (χ2n) is 5.96. The molecule has 0 saturated carbocycles. The highest BCUT2D eigenvalue weighted by molar-refractivity contribution is 7.12. The van der Waals surface area contributed by atoms with Crippen molar-refractivity contribution in [3.8, 4) is 0 Å². The Morgan fingerprint density at radius 1 is 1.12 bits per heavy atom. The summed E-state index contributed by atoms with van der Waals surface area (Å²) >= 11 is 7.78. The molecule has 0 aliphatic heterocycles. The summed E-state index contributed by atoms with van der Waals surface area (Å²) in [5.74, 6) is -0.0966. The molecule has 6 heteroatoms. The normalized spacial score (nSPS) is 12.2. The molecule has 2 aromatic rings. The van der Waals surface area contributed by atoms with Crippen LogP contribution in [0, 0.1) is 0 Å². The second kappa shape index (κ2) is 10.5. The highest BCUT2D eigenvalue weighted by Gasteiger charge is 2.21. The maximum atomic E-state index is 12.2. The molecule has 140 valence electrons. The number of hydrogen-bond donors (Lipinski definition) is 1. The van der Waals surface area contributed by atoms with E-state index in [1.54, 1.807) is 6.07 Å². The van der Waals surface area contributed by atoms with E-state index in [4.69, 9.17) is 11.6 Å². The lowest BCUT2D eigenvalue weighted by Gasteiger charge is -2.31. The van der Waals surface area contributed by atoms with Gasteiger partial charge in [0.2, 0.25) is 5.91 Å². The predicted molar refractivity (Wildman–Crippen MR) is 108 cm³/mol. The number of nitrogens with zero attached hydrogens (tertiary/aromatic N) is 1. The second-order valence-corrected chi connectivity index (χ2v) is 7.32. The van der Waals surface area contributed by atoms with Crippen molar-refractivity contribution in [2.75, 3.05) is 19.6 Å². The molecular weight excluding hydrogens is 368 g/mol. The van der Waals surface area contributed by atoms with E-state index < -0.39 is 0 Å². The van der Waals surface area contributed by atoms with Crippen LogP contribution in [0.3, 0.4) is 0 Å². The van der Waals surface area contributed by atoms with Crippen LogP contribution in [0.2, 0.25) is 5.02 Å². The Hall–Kier alpha value is -1.69. The largest absolute Gasteiger partial charge is 0.354 e. The lowest BCUT2D eigenvalue weighted by Crippen LogP contribution is -2.38. The summed E-state index contributed by atoms with van der Waals surface area (Å²) in [5.41, 5.74) is 1.01. The standard InChI is InChI=1S/C20H25ClN2O2S/c1-3-23(4-2)17(15-8-5-6-9-16(15)21)14-22-20(25)12-11-18(24)19-10-7-13-26-19/h5-10,13,17H,3-4,11-12,14H2,1-2H3,(H,22,25). The Labute approximate surface area is 164 Å². The molecule has 1 atom stereocenters. The van der Waals surface area contributed by atoms with Crippen molar-refractivity contribution >= 4 is 34.6 Å². The summed E-state index contributed by atoms with van der Waals surface area (Å²) in [6.07, 6.45) is 0.429. The van der Waals surface area contributed by atoms with Crippen LogP contribution < -0.4 is 5.32 Å². The van der Waals surface area contributed by atoms with Gasteiger partial charge in [0.25, 0.3) is 0 Å². The number of carbonyl (C=O) groups is 2. The fraction of sp³-hybridized carbons (Fsp3) is 0.400. The Morgan fingerprint density at radius 3 is 2.46 bits per heavy atom. The van der Waals surface area contributed by atoms with Gasteiger partial charge in [-0.1, -0.05) is 49.7 Å². The topological polar surface area (TPSA) is 49.4 Å². The first-order valence-electron chi connectivity index (χ1n) is 8.88. The average molecular weight is 393 g/mol. The van der Waals surface area contributed by atoms with Gasteiger partial charge in [-0.3, -0.25) is 14.5 Å². The van der Waals surface area contributed by atoms with E-state index in [2.05, 4.69) is 24.1 Å². The number of thiophene rings is 1. The third-order valence-electron chi connectivity index (χ3n) is 4.39. The molecule has 0 radical (unpaired) electrons. The molecule has 1 aromatic heterocycles. The molecule has 0 fully saturated rings. The molecular formula is C20H25ClN2O2S. The van der Waals surface area contributed by atoms with Gasteiger partial charge in [-0.15, -0.1) is 11.3 Å². The van der Waals surface area contributed by atoms with Gasteiger partial charge in [0.15, 0.2) is 5.78 Å². The van der Waals surface area contributed by atoms with Gasteiger partial charge < -0.3 is 5.32 Å². The smallest absolute Gasteiger partial charge is 0.220 e. The molecule has 2 rings (SSSR count). The van der Waals surface area contributed by atoms with Crippen molar-refractivity contribution < 1.29 is 9.59 Å². The van der Waals surface area contributed by atoms with Crippen molar-refractivity contribution in [2.45, 2.75) is 32.7 Å². The van der Waals surface area contributed by atoms with Crippen LogP contribution in [0.25, 0.3) is 0 Å². The summed E-state index contributed by atoms with van der Waals surface area (Å²) in [4.78, 5) is 27.2. The molecule has 0 saturated heterocycles. The van der Waals surface area contributed by atoms with E-state index in [0.717, 1.165) is 18.7 Å². The van der Waals surface area contributed by atoms with Crippen molar-refractivity contribution in [3.63, 3.8) is 0 Å². The fourth-order valence-electron chi connectivity index (χ4n) is 2.93. The van der Waals surface area contributed by atoms with Crippen LogP contribution in [0.15, 0.2) is 41.8 Å². The van der Waals surface area contributed by atoms with Gasteiger partial charge in [0.05, 0.1) is 10.9 Å². The minimum atomic E-state index is -0.112. The van der Waals surface area contributed by atoms with E-state index >= 15 is 0 Å². The SMILES string of the molecule is CCN(CC)C(CNC(=O)CCC(=O)c1cccs1)c1ccccc1Cl. The van der Waals surface area contributed by atoms with Gasteiger partial charge in [-0.2, -0.15) is 0 Å². The Balaban J connectivity index is 1.95. The first-order valence-corrected chi connectivity index (χ1v) is 10.1. The van der Waals surface area contributed by atoms with Gasteiger partial charge in [-0.05, 0) is 36.2 Å². The number of halogens is 1. The average Bonchev–Trinajstić information content (AvgIpc) is 3.19. The number of rotatable bonds is 10. The minimum Gasteiger partial charge on any atom is -0.354 e. The van der Waals surface area contributed by atoms with E-state index in [1.807, 2.05) is 35.7 Å². The van der Waals surface area contributed by atoms with Gasteiger partial charge in [0.1, 0.15) is 0 Å². The van der Waals surface area contributed by atoms with Crippen molar-refractivity contribution in [1.82, 2.24) is 10.2 Å². The van der Waals surface area contributed by atoms with Crippen LogP contribution in [0.4, 0.5) is 0 Å². The van der Waals surface area contributed by atoms with Crippen LogP contribution in [0.5, 0.6) is 0 Å². The van der Waals surface area contributed by atoms with Crippen molar-refractivity contribution in [2.24, 2.45) is 0 Å². The Bertz CT molecular complexity index is 714. The van der Waals surface area contributed by atoms with E-state index in [-0.39, 0.29) is 30.6 Å². The molecule has 26 heavy (non-hydrogen) atoms. The number of likely N-dealkylation sites (N-methyl/N-ethyl adjacent to an activating group) is 1. The number of carbonyl (C=O) groups excluding carboxylic acids is 2. The number of hydrogen-bond acceptors (Lipinski definition) is 4.